The van der Waals surface area contributed by atoms with E-state index < -0.39 is 21.7 Å². The van der Waals surface area contributed by atoms with Crippen LogP contribution in [0.4, 0.5) is 0 Å². The Balaban J connectivity index is 2.81. The first-order valence-electron chi connectivity index (χ1n) is 4.98. The van der Waals surface area contributed by atoms with Gasteiger partial charge in [0.15, 0.2) is 9.84 Å². The number of halogens is 1. The Hall–Kier alpha value is -1.07. The molecule has 17 heavy (non-hydrogen) atoms. The van der Waals surface area contributed by atoms with Crippen molar-refractivity contribution in [1.29, 1.82) is 0 Å². The van der Waals surface area contributed by atoms with Crippen molar-refractivity contribution in [3.8, 4) is 0 Å². The van der Waals surface area contributed by atoms with Crippen LogP contribution in [0.5, 0.6) is 0 Å². The summed E-state index contributed by atoms with van der Waals surface area (Å²) in [4.78, 5) is 10.6. The molecule has 94 valence electrons. The third kappa shape index (κ3) is 4.36. The molecule has 1 N–H and O–H groups in total. The number of carbonyl (C=O) groups is 1. The lowest BCUT2D eigenvalue weighted by Gasteiger charge is -2.08. The summed E-state index contributed by atoms with van der Waals surface area (Å²) >= 11 is 5.85. The van der Waals surface area contributed by atoms with Crippen LogP contribution in [0.25, 0.3) is 0 Å². The molecule has 0 heterocycles. The van der Waals surface area contributed by atoms with Gasteiger partial charge in [0.25, 0.3) is 0 Å². The standard InChI is InChI=1S/C11H13ClO4S/c1-8(11(13)14)6-17(15,16)7-9-4-2-3-5-10(9)12/h2-5,8H,6-7H2,1H3,(H,13,14). The molecule has 0 aliphatic rings. The van der Waals surface area contributed by atoms with E-state index in [1.54, 1.807) is 24.3 Å². The largest absolute Gasteiger partial charge is 0.481 e. The fourth-order valence-corrected chi connectivity index (χ4v) is 3.39. The third-order valence-corrected chi connectivity index (χ3v) is 4.39. The van der Waals surface area contributed by atoms with Crippen molar-refractivity contribution in [2.75, 3.05) is 5.75 Å². The van der Waals surface area contributed by atoms with Gasteiger partial charge in [-0.25, -0.2) is 8.42 Å². The predicted octanol–water partition coefficient (Wildman–Crippen LogP) is 1.98. The van der Waals surface area contributed by atoms with Crippen LogP contribution in [0.1, 0.15) is 12.5 Å². The lowest BCUT2D eigenvalue weighted by atomic mass is 10.2. The van der Waals surface area contributed by atoms with E-state index in [2.05, 4.69) is 0 Å². The van der Waals surface area contributed by atoms with Crippen LogP contribution in [0.2, 0.25) is 5.02 Å². The molecular formula is C11H13ClO4S. The molecule has 0 aliphatic carbocycles. The maximum absolute atomic E-state index is 11.7. The van der Waals surface area contributed by atoms with Crippen LogP contribution >= 0.6 is 11.6 Å². The zero-order valence-electron chi connectivity index (χ0n) is 9.26. The Morgan fingerprint density at radius 2 is 2.00 bits per heavy atom. The first kappa shape index (κ1) is 14.0. The van der Waals surface area contributed by atoms with Crippen molar-refractivity contribution in [1.82, 2.24) is 0 Å². The third-order valence-electron chi connectivity index (χ3n) is 2.26. The van der Waals surface area contributed by atoms with E-state index in [9.17, 15) is 13.2 Å². The predicted molar refractivity (Wildman–Crippen MR) is 65.7 cm³/mol. The number of carboxylic acids is 1. The summed E-state index contributed by atoms with van der Waals surface area (Å²) in [5.74, 6) is -2.65. The summed E-state index contributed by atoms with van der Waals surface area (Å²) in [6.45, 7) is 1.37. The summed E-state index contributed by atoms with van der Waals surface area (Å²) in [6, 6.07) is 6.62. The minimum Gasteiger partial charge on any atom is -0.481 e. The SMILES string of the molecule is CC(CS(=O)(=O)Cc1ccccc1Cl)C(=O)O. The lowest BCUT2D eigenvalue weighted by Crippen LogP contribution is -2.22. The Morgan fingerprint density at radius 1 is 1.41 bits per heavy atom. The minimum atomic E-state index is -3.47. The van der Waals surface area contributed by atoms with Crippen molar-refractivity contribution in [2.45, 2.75) is 12.7 Å². The van der Waals surface area contributed by atoms with E-state index in [0.717, 1.165) is 0 Å². The highest BCUT2D eigenvalue weighted by atomic mass is 35.5. The van der Waals surface area contributed by atoms with E-state index in [4.69, 9.17) is 16.7 Å². The Bertz CT molecular complexity index is 510. The summed E-state index contributed by atoms with van der Waals surface area (Å²) < 4.78 is 23.5. The molecule has 0 fully saturated rings. The first-order chi connectivity index (χ1) is 7.82. The van der Waals surface area contributed by atoms with Crippen molar-refractivity contribution in [3.63, 3.8) is 0 Å². The van der Waals surface area contributed by atoms with Gasteiger partial charge in [0.1, 0.15) is 0 Å². The van der Waals surface area contributed by atoms with Gasteiger partial charge in [0.2, 0.25) is 0 Å². The number of aliphatic carboxylic acids is 1. The first-order valence-corrected chi connectivity index (χ1v) is 7.18. The van der Waals surface area contributed by atoms with Crippen LogP contribution in [0, 0.1) is 5.92 Å². The molecule has 1 rings (SSSR count). The molecule has 0 saturated heterocycles. The topological polar surface area (TPSA) is 71.4 Å². The van der Waals surface area contributed by atoms with E-state index >= 15 is 0 Å². The highest BCUT2D eigenvalue weighted by molar-refractivity contribution is 7.90. The Kier molecular flexibility index (Phi) is 4.54. The minimum absolute atomic E-state index is 0.232. The molecule has 1 aromatic carbocycles. The van der Waals surface area contributed by atoms with Crippen molar-refractivity contribution in [2.24, 2.45) is 5.92 Å². The van der Waals surface area contributed by atoms with Crippen LogP contribution in [-0.2, 0) is 20.4 Å². The molecular weight excluding hydrogens is 264 g/mol. The van der Waals surface area contributed by atoms with Crippen molar-refractivity contribution >= 4 is 27.4 Å². The number of benzene rings is 1. The second-order valence-corrected chi connectivity index (χ2v) is 6.40. The monoisotopic (exact) mass is 276 g/mol. The van der Waals surface area contributed by atoms with Gasteiger partial charge in [-0.2, -0.15) is 0 Å². The van der Waals surface area contributed by atoms with Crippen molar-refractivity contribution < 1.29 is 18.3 Å². The highest BCUT2D eigenvalue weighted by Crippen LogP contribution is 2.18. The van der Waals surface area contributed by atoms with Crippen LogP contribution in [0.15, 0.2) is 24.3 Å². The Morgan fingerprint density at radius 3 is 2.53 bits per heavy atom. The van der Waals surface area contributed by atoms with Gasteiger partial charge in [-0.3, -0.25) is 4.79 Å². The second-order valence-electron chi connectivity index (χ2n) is 3.89. The molecule has 0 aromatic heterocycles. The molecule has 0 amide bonds. The zero-order valence-corrected chi connectivity index (χ0v) is 10.8. The molecule has 0 radical (unpaired) electrons. The van der Waals surface area contributed by atoms with Gasteiger partial charge in [-0.15, -0.1) is 0 Å². The molecule has 0 saturated carbocycles. The summed E-state index contributed by atoms with van der Waals surface area (Å²) in [5, 5.41) is 9.05. The van der Waals surface area contributed by atoms with Gasteiger partial charge in [-0.1, -0.05) is 36.7 Å². The zero-order chi connectivity index (χ0) is 13.1. The van der Waals surface area contributed by atoms with E-state index in [-0.39, 0.29) is 11.5 Å². The number of hydrogen-bond acceptors (Lipinski definition) is 3. The van der Waals surface area contributed by atoms with Gasteiger partial charge in [0, 0.05) is 5.02 Å². The average Bonchev–Trinajstić information content (AvgIpc) is 2.20. The van der Waals surface area contributed by atoms with Crippen LogP contribution < -0.4 is 0 Å². The summed E-state index contributed by atoms with van der Waals surface area (Å²) in [6.07, 6.45) is 0. The van der Waals surface area contributed by atoms with E-state index in [1.807, 2.05) is 0 Å². The van der Waals surface area contributed by atoms with Gasteiger partial charge in [0.05, 0.1) is 17.4 Å². The van der Waals surface area contributed by atoms with Crippen LogP contribution in [0.3, 0.4) is 0 Å². The second kappa shape index (κ2) is 5.51. The normalized spacial score (nSPS) is 13.3. The van der Waals surface area contributed by atoms with Gasteiger partial charge < -0.3 is 5.11 Å². The molecule has 1 aromatic rings. The molecule has 1 unspecified atom stereocenters. The Labute approximate surface area is 105 Å². The molecule has 0 aliphatic heterocycles. The lowest BCUT2D eigenvalue weighted by molar-refractivity contribution is -0.140. The number of sulfone groups is 1. The smallest absolute Gasteiger partial charge is 0.307 e. The maximum Gasteiger partial charge on any atom is 0.307 e. The molecule has 1 atom stereocenters. The summed E-state index contributed by atoms with van der Waals surface area (Å²) in [7, 11) is -3.47. The number of rotatable bonds is 5. The molecule has 0 spiro atoms. The maximum atomic E-state index is 11.7. The van der Waals surface area contributed by atoms with E-state index in [0.29, 0.717) is 10.6 Å². The average molecular weight is 277 g/mol. The molecule has 0 bridgehead atoms. The fourth-order valence-electron chi connectivity index (χ4n) is 1.36. The van der Waals surface area contributed by atoms with Crippen molar-refractivity contribution in [3.05, 3.63) is 34.9 Å². The van der Waals surface area contributed by atoms with Crippen LogP contribution in [-0.4, -0.2) is 25.2 Å². The highest BCUT2D eigenvalue weighted by Gasteiger charge is 2.22. The quantitative estimate of drug-likeness (QED) is 0.892. The number of carboxylic acid groups (broad SMARTS) is 1. The fraction of sp³-hybridized carbons (Fsp3) is 0.364. The van der Waals surface area contributed by atoms with Gasteiger partial charge in [-0.05, 0) is 11.6 Å². The number of hydrogen-bond donors (Lipinski definition) is 1. The summed E-state index contributed by atoms with van der Waals surface area (Å²) in [5.41, 5.74) is 0.492. The molecule has 6 heteroatoms. The van der Waals surface area contributed by atoms with E-state index in [1.165, 1.54) is 6.92 Å². The van der Waals surface area contributed by atoms with Gasteiger partial charge >= 0.3 is 5.97 Å². The molecule has 4 nitrogen and oxygen atoms in total.